The van der Waals surface area contributed by atoms with Gasteiger partial charge in [0.05, 0.1) is 12.2 Å². The van der Waals surface area contributed by atoms with Gasteiger partial charge in [-0.25, -0.2) is 0 Å². The van der Waals surface area contributed by atoms with Crippen molar-refractivity contribution in [3.8, 4) is 5.75 Å². The monoisotopic (exact) mass is 413 g/mol. The molecule has 0 unspecified atom stereocenters. The zero-order valence-electron chi connectivity index (χ0n) is 16.9. The van der Waals surface area contributed by atoms with Crippen molar-refractivity contribution in [3.05, 3.63) is 59.7 Å². The second-order valence-electron chi connectivity index (χ2n) is 7.24. The molecule has 1 saturated heterocycles. The Morgan fingerprint density at radius 1 is 1.07 bits per heavy atom. The highest BCUT2D eigenvalue weighted by Gasteiger charge is 2.11. The number of amides is 1. The lowest BCUT2D eigenvalue weighted by atomic mass is 10.1. The lowest BCUT2D eigenvalue weighted by Crippen LogP contribution is -2.31. The van der Waals surface area contributed by atoms with Gasteiger partial charge in [0.25, 0.3) is 5.91 Å². The smallest absolute Gasteiger partial charge is 0.252 e. The average molecular weight is 414 g/mol. The van der Waals surface area contributed by atoms with Gasteiger partial charge < -0.3 is 20.7 Å². The second kappa shape index (κ2) is 11.9. The van der Waals surface area contributed by atoms with E-state index in [0.717, 1.165) is 35.8 Å². The van der Waals surface area contributed by atoms with Crippen LogP contribution >= 0.6 is 11.8 Å². The van der Waals surface area contributed by atoms with E-state index in [1.165, 1.54) is 44.1 Å². The first-order valence-corrected chi connectivity index (χ1v) is 11.4. The number of hydrogen-bond acceptors (Lipinski definition) is 5. The van der Waals surface area contributed by atoms with Gasteiger partial charge in [0.15, 0.2) is 0 Å². The number of carbonyl (C=O) groups is 1. The Morgan fingerprint density at radius 3 is 2.59 bits per heavy atom. The van der Waals surface area contributed by atoms with Crippen LogP contribution in [0.3, 0.4) is 0 Å². The van der Waals surface area contributed by atoms with Crippen molar-refractivity contribution >= 4 is 17.7 Å². The molecule has 1 aliphatic rings. The van der Waals surface area contributed by atoms with Crippen LogP contribution in [0.4, 0.5) is 0 Å². The molecule has 3 rings (SSSR count). The number of hydrogen-bond donors (Lipinski definition) is 2. The zero-order valence-corrected chi connectivity index (χ0v) is 17.8. The van der Waals surface area contributed by atoms with Crippen molar-refractivity contribution in [3.63, 3.8) is 0 Å². The molecule has 1 heterocycles. The van der Waals surface area contributed by atoms with Crippen LogP contribution in [-0.4, -0.2) is 42.9 Å². The molecule has 2 aromatic carbocycles. The molecular formula is C23H31N3O2S. The normalized spacial score (nSPS) is 14.5. The zero-order chi connectivity index (χ0) is 20.3. The average Bonchev–Trinajstić information content (AvgIpc) is 2.77. The number of nitrogens with two attached hydrogens (primary N) is 1. The number of nitrogens with zero attached hydrogens (tertiary/aromatic N) is 1. The highest BCUT2D eigenvalue weighted by atomic mass is 32.2. The summed E-state index contributed by atoms with van der Waals surface area (Å²) in [6, 6.07) is 15.5. The van der Waals surface area contributed by atoms with Gasteiger partial charge in [-0.05, 0) is 62.2 Å². The van der Waals surface area contributed by atoms with Gasteiger partial charge in [-0.2, -0.15) is 0 Å². The Morgan fingerprint density at radius 2 is 1.83 bits per heavy atom. The van der Waals surface area contributed by atoms with Crippen LogP contribution in [0.15, 0.2) is 53.4 Å². The molecule has 6 heteroatoms. The first-order chi connectivity index (χ1) is 14.3. The van der Waals surface area contributed by atoms with Crippen molar-refractivity contribution in [1.82, 2.24) is 10.2 Å². The SMILES string of the molecule is NCSc1ccccc1C(=O)NCc1ccc(OCCCN2CCCCC2)cc1. The summed E-state index contributed by atoms with van der Waals surface area (Å²) in [5.74, 6) is 1.24. The summed E-state index contributed by atoms with van der Waals surface area (Å²) in [7, 11) is 0. The van der Waals surface area contributed by atoms with Crippen LogP contribution in [0.5, 0.6) is 5.75 Å². The van der Waals surface area contributed by atoms with E-state index in [0.29, 0.717) is 18.0 Å². The molecule has 0 aromatic heterocycles. The van der Waals surface area contributed by atoms with Crippen LogP contribution in [0.25, 0.3) is 0 Å². The number of carbonyl (C=O) groups excluding carboxylic acids is 1. The number of ether oxygens (including phenoxy) is 1. The summed E-state index contributed by atoms with van der Waals surface area (Å²) in [4.78, 5) is 15.9. The van der Waals surface area contributed by atoms with E-state index >= 15 is 0 Å². The molecule has 0 atom stereocenters. The molecule has 1 aliphatic heterocycles. The van der Waals surface area contributed by atoms with Gasteiger partial charge in [0.2, 0.25) is 0 Å². The minimum atomic E-state index is -0.0837. The maximum Gasteiger partial charge on any atom is 0.252 e. The minimum Gasteiger partial charge on any atom is -0.494 e. The van der Waals surface area contributed by atoms with E-state index in [2.05, 4.69) is 10.2 Å². The third-order valence-corrected chi connectivity index (χ3v) is 5.92. The molecule has 29 heavy (non-hydrogen) atoms. The second-order valence-corrected chi connectivity index (χ2v) is 8.30. The van der Waals surface area contributed by atoms with Crippen LogP contribution < -0.4 is 15.8 Å². The molecule has 5 nitrogen and oxygen atoms in total. The van der Waals surface area contributed by atoms with Crippen LogP contribution in [-0.2, 0) is 6.54 Å². The molecule has 0 spiro atoms. The number of nitrogens with one attached hydrogen (secondary N) is 1. The Hall–Kier alpha value is -2.02. The van der Waals surface area contributed by atoms with Crippen LogP contribution in [0.2, 0.25) is 0 Å². The summed E-state index contributed by atoms with van der Waals surface area (Å²) < 4.78 is 5.86. The van der Waals surface area contributed by atoms with E-state index in [9.17, 15) is 4.79 Å². The van der Waals surface area contributed by atoms with Crippen molar-refractivity contribution in [1.29, 1.82) is 0 Å². The number of piperidine rings is 1. The summed E-state index contributed by atoms with van der Waals surface area (Å²) in [6.45, 7) is 4.80. The minimum absolute atomic E-state index is 0.0837. The fourth-order valence-corrected chi connectivity index (χ4v) is 4.18. The van der Waals surface area contributed by atoms with Crippen LogP contribution in [0, 0.1) is 0 Å². The molecule has 3 N–H and O–H groups in total. The molecule has 0 saturated carbocycles. The molecule has 0 aliphatic carbocycles. The predicted octanol–water partition coefficient (Wildman–Crippen LogP) is 3.88. The number of rotatable bonds is 10. The molecule has 0 bridgehead atoms. The molecule has 0 radical (unpaired) electrons. The first-order valence-electron chi connectivity index (χ1n) is 10.4. The first kappa shape index (κ1) is 21.7. The molecular weight excluding hydrogens is 382 g/mol. The lowest BCUT2D eigenvalue weighted by molar-refractivity contribution is 0.0948. The highest BCUT2D eigenvalue weighted by Crippen LogP contribution is 2.21. The fourth-order valence-electron chi connectivity index (χ4n) is 3.51. The maximum absolute atomic E-state index is 12.5. The third-order valence-electron chi connectivity index (χ3n) is 5.08. The Kier molecular flexibility index (Phi) is 8.86. The summed E-state index contributed by atoms with van der Waals surface area (Å²) in [5.41, 5.74) is 7.32. The largest absolute Gasteiger partial charge is 0.494 e. The van der Waals surface area contributed by atoms with Gasteiger partial charge in [-0.15, -0.1) is 11.8 Å². The van der Waals surface area contributed by atoms with Gasteiger partial charge in [-0.3, -0.25) is 4.79 Å². The maximum atomic E-state index is 12.5. The van der Waals surface area contributed by atoms with Gasteiger partial charge >= 0.3 is 0 Å². The Labute approximate surface area is 178 Å². The molecule has 156 valence electrons. The van der Waals surface area contributed by atoms with E-state index in [-0.39, 0.29) is 5.91 Å². The highest BCUT2D eigenvalue weighted by molar-refractivity contribution is 7.99. The lowest BCUT2D eigenvalue weighted by Gasteiger charge is -2.26. The van der Waals surface area contributed by atoms with Crippen molar-refractivity contribution in [2.75, 3.05) is 32.1 Å². The van der Waals surface area contributed by atoms with E-state index in [1.807, 2.05) is 48.5 Å². The van der Waals surface area contributed by atoms with E-state index in [1.54, 1.807) is 0 Å². The van der Waals surface area contributed by atoms with Gasteiger partial charge in [0, 0.05) is 23.9 Å². The number of likely N-dealkylation sites (tertiary alicyclic amines) is 1. The Bertz CT molecular complexity index is 761. The topological polar surface area (TPSA) is 67.6 Å². The van der Waals surface area contributed by atoms with E-state index in [4.69, 9.17) is 10.5 Å². The van der Waals surface area contributed by atoms with Crippen molar-refractivity contribution < 1.29 is 9.53 Å². The molecule has 1 amide bonds. The van der Waals surface area contributed by atoms with Crippen LogP contribution in [0.1, 0.15) is 41.6 Å². The number of thioether (sulfide) groups is 1. The summed E-state index contributed by atoms with van der Waals surface area (Å²) in [6.07, 6.45) is 5.09. The standard InChI is InChI=1S/C23H31N3O2S/c24-18-29-22-8-3-2-7-21(22)23(27)25-17-19-9-11-20(12-10-19)28-16-6-15-26-13-4-1-5-14-26/h2-3,7-12H,1,4-6,13-18,24H2,(H,25,27). The Balaban J connectivity index is 1.40. The summed E-state index contributed by atoms with van der Waals surface area (Å²) >= 11 is 1.47. The summed E-state index contributed by atoms with van der Waals surface area (Å²) in [5, 5.41) is 2.98. The third kappa shape index (κ3) is 7.07. The molecule has 2 aromatic rings. The fraction of sp³-hybridized carbons (Fsp3) is 0.435. The van der Waals surface area contributed by atoms with E-state index < -0.39 is 0 Å². The van der Waals surface area contributed by atoms with Crippen molar-refractivity contribution in [2.24, 2.45) is 5.73 Å². The quantitative estimate of drug-likeness (QED) is 0.351. The predicted molar refractivity (Wildman–Crippen MR) is 119 cm³/mol. The van der Waals surface area contributed by atoms with Crippen molar-refractivity contribution in [2.45, 2.75) is 37.1 Å². The number of benzene rings is 2. The van der Waals surface area contributed by atoms with Gasteiger partial charge in [0.1, 0.15) is 5.75 Å². The molecule has 1 fully saturated rings. The van der Waals surface area contributed by atoms with Gasteiger partial charge in [-0.1, -0.05) is 30.7 Å².